The second-order valence-corrected chi connectivity index (χ2v) is 4.44. The molecule has 0 saturated heterocycles. The second-order valence-electron chi connectivity index (χ2n) is 3.60. The van der Waals surface area contributed by atoms with Gasteiger partial charge in [-0.1, -0.05) is 23.2 Å². The predicted molar refractivity (Wildman–Crippen MR) is 61.2 cm³/mol. The Morgan fingerprint density at radius 1 is 1.53 bits per heavy atom. The highest BCUT2D eigenvalue weighted by atomic mass is 35.5. The van der Waals surface area contributed by atoms with Crippen LogP contribution in [0.5, 0.6) is 0 Å². The number of carbonyl (C=O) groups is 1. The van der Waals surface area contributed by atoms with Gasteiger partial charge in [0.05, 0.1) is 10.0 Å². The molecule has 0 aliphatic heterocycles. The minimum absolute atomic E-state index is 0.344. The van der Waals surface area contributed by atoms with E-state index in [2.05, 4.69) is 10.3 Å². The van der Waals surface area contributed by atoms with Gasteiger partial charge < -0.3 is 11.1 Å². The van der Waals surface area contributed by atoms with Crippen LogP contribution in [0.15, 0.2) is 12.3 Å². The van der Waals surface area contributed by atoms with E-state index in [0.717, 1.165) is 0 Å². The Kier molecular flexibility index (Phi) is 3.42. The van der Waals surface area contributed by atoms with Gasteiger partial charge in [-0.3, -0.25) is 4.79 Å². The van der Waals surface area contributed by atoms with Crippen LogP contribution in [0.3, 0.4) is 0 Å². The van der Waals surface area contributed by atoms with E-state index in [0.29, 0.717) is 15.9 Å². The molecule has 0 radical (unpaired) electrons. The first kappa shape index (κ1) is 12.1. The number of aromatic nitrogens is 1. The van der Waals surface area contributed by atoms with E-state index in [4.69, 9.17) is 28.9 Å². The summed E-state index contributed by atoms with van der Waals surface area (Å²) in [6.45, 7) is 3.28. The van der Waals surface area contributed by atoms with Gasteiger partial charge in [-0.15, -0.1) is 0 Å². The number of nitrogens with zero attached hydrogens (tertiary/aromatic N) is 1. The van der Waals surface area contributed by atoms with Crippen LogP contribution in [0, 0.1) is 0 Å². The highest BCUT2D eigenvalue weighted by Gasteiger charge is 2.25. The van der Waals surface area contributed by atoms with Crippen molar-refractivity contribution in [2.75, 3.05) is 5.32 Å². The van der Waals surface area contributed by atoms with Gasteiger partial charge in [-0.2, -0.15) is 0 Å². The van der Waals surface area contributed by atoms with Gasteiger partial charge in [-0.05, 0) is 19.9 Å². The van der Waals surface area contributed by atoms with Crippen molar-refractivity contribution in [1.29, 1.82) is 0 Å². The average molecular weight is 248 g/mol. The molecule has 82 valence electrons. The number of amides is 1. The molecule has 4 nitrogen and oxygen atoms in total. The maximum Gasteiger partial charge on any atom is 0.242 e. The summed E-state index contributed by atoms with van der Waals surface area (Å²) in [5.41, 5.74) is 4.29. The fourth-order valence-corrected chi connectivity index (χ4v) is 1.29. The molecule has 0 aliphatic rings. The van der Waals surface area contributed by atoms with Crippen LogP contribution in [0.2, 0.25) is 10.0 Å². The number of pyridine rings is 1. The van der Waals surface area contributed by atoms with Crippen LogP contribution in [0.25, 0.3) is 0 Å². The van der Waals surface area contributed by atoms with Crippen LogP contribution in [0.4, 0.5) is 5.82 Å². The van der Waals surface area contributed by atoms with Crippen LogP contribution < -0.4 is 11.1 Å². The Hall–Kier alpha value is -1.00. The standard InChI is InChI=1S/C9H11Cl2N3O/c1-9(2,8(12)15)14-7-6(11)3-5(10)4-13-7/h3-4H,1-2H3,(H2,12,15)(H,13,14). The molecule has 0 unspecified atom stereocenters. The molecule has 0 bridgehead atoms. The third-order valence-electron chi connectivity index (χ3n) is 1.85. The Labute approximate surface area is 97.8 Å². The summed E-state index contributed by atoms with van der Waals surface area (Å²) in [7, 11) is 0. The van der Waals surface area contributed by atoms with Crippen LogP contribution in [-0.4, -0.2) is 16.4 Å². The van der Waals surface area contributed by atoms with Gasteiger partial charge in [0.15, 0.2) is 0 Å². The molecule has 0 atom stereocenters. The van der Waals surface area contributed by atoms with Crippen molar-refractivity contribution in [3.63, 3.8) is 0 Å². The van der Waals surface area contributed by atoms with Gasteiger partial charge in [0.1, 0.15) is 11.4 Å². The number of anilines is 1. The molecule has 1 aromatic heterocycles. The summed E-state index contributed by atoms with van der Waals surface area (Å²) in [6.07, 6.45) is 1.44. The lowest BCUT2D eigenvalue weighted by molar-refractivity contribution is -0.121. The normalized spacial score (nSPS) is 11.2. The zero-order chi connectivity index (χ0) is 11.6. The van der Waals surface area contributed by atoms with E-state index in [1.54, 1.807) is 13.8 Å². The fraction of sp³-hybridized carbons (Fsp3) is 0.333. The summed E-state index contributed by atoms with van der Waals surface area (Å²) in [4.78, 5) is 15.0. The van der Waals surface area contributed by atoms with E-state index in [-0.39, 0.29) is 0 Å². The van der Waals surface area contributed by atoms with Crippen molar-refractivity contribution in [3.05, 3.63) is 22.3 Å². The topological polar surface area (TPSA) is 68.0 Å². The third kappa shape index (κ3) is 2.97. The lowest BCUT2D eigenvalue weighted by Gasteiger charge is -2.23. The largest absolute Gasteiger partial charge is 0.368 e. The third-order valence-corrected chi connectivity index (χ3v) is 2.35. The van der Waals surface area contributed by atoms with Crippen molar-refractivity contribution < 1.29 is 4.79 Å². The Morgan fingerprint density at radius 2 is 2.13 bits per heavy atom. The van der Waals surface area contributed by atoms with Gasteiger partial charge in [0, 0.05) is 6.20 Å². The van der Waals surface area contributed by atoms with E-state index in [1.807, 2.05) is 0 Å². The van der Waals surface area contributed by atoms with Crippen molar-refractivity contribution in [2.45, 2.75) is 19.4 Å². The molecule has 1 aromatic rings. The molecule has 0 aromatic carbocycles. The summed E-state index contributed by atoms with van der Waals surface area (Å²) < 4.78 is 0. The molecule has 3 N–H and O–H groups in total. The van der Waals surface area contributed by atoms with Crippen molar-refractivity contribution in [3.8, 4) is 0 Å². The highest BCUT2D eigenvalue weighted by Crippen LogP contribution is 2.24. The molecule has 0 saturated carbocycles. The first-order chi connectivity index (χ1) is 6.83. The summed E-state index contributed by atoms with van der Waals surface area (Å²) >= 11 is 11.6. The zero-order valence-electron chi connectivity index (χ0n) is 8.34. The number of rotatable bonds is 3. The minimum Gasteiger partial charge on any atom is -0.368 e. The van der Waals surface area contributed by atoms with E-state index in [9.17, 15) is 4.79 Å². The van der Waals surface area contributed by atoms with Gasteiger partial charge in [0.25, 0.3) is 0 Å². The molecule has 0 aliphatic carbocycles. The number of hydrogen-bond acceptors (Lipinski definition) is 3. The number of nitrogens with one attached hydrogen (secondary N) is 1. The SMILES string of the molecule is CC(C)(Nc1ncc(Cl)cc1Cl)C(N)=O. The molecule has 1 heterocycles. The number of nitrogens with two attached hydrogens (primary N) is 1. The van der Waals surface area contributed by atoms with Crippen LogP contribution in [-0.2, 0) is 4.79 Å². The average Bonchev–Trinajstić information content (AvgIpc) is 2.09. The van der Waals surface area contributed by atoms with E-state index < -0.39 is 11.4 Å². The van der Waals surface area contributed by atoms with Crippen molar-refractivity contribution in [2.24, 2.45) is 5.73 Å². The monoisotopic (exact) mass is 247 g/mol. The Bertz CT molecular complexity index is 393. The van der Waals surface area contributed by atoms with Gasteiger partial charge in [-0.25, -0.2) is 4.98 Å². The molecule has 15 heavy (non-hydrogen) atoms. The van der Waals surface area contributed by atoms with Crippen molar-refractivity contribution in [1.82, 2.24) is 4.98 Å². The maximum absolute atomic E-state index is 11.1. The minimum atomic E-state index is -0.912. The second kappa shape index (κ2) is 4.24. The smallest absolute Gasteiger partial charge is 0.242 e. The van der Waals surface area contributed by atoms with Gasteiger partial charge in [0.2, 0.25) is 5.91 Å². The number of primary amides is 1. The fourth-order valence-electron chi connectivity index (χ4n) is 0.864. The highest BCUT2D eigenvalue weighted by molar-refractivity contribution is 6.36. The van der Waals surface area contributed by atoms with Crippen molar-refractivity contribution >= 4 is 34.9 Å². The Morgan fingerprint density at radius 3 is 2.60 bits per heavy atom. The number of hydrogen-bond donors (Lipinski definition) is 2. The van der Waals surface area contributed by atoms with Crippen LogP contribution >= 0.6 is 23.2 Å². The number of halogens is 2. The lowest BCUT2D eigenvalue weighted by atomic mass is 10.1. The first-order valence-corrected chi connectivity index (χ1v) is 4.97. The first-order valence-electron chi connectivity index (χ1n) is 4.22. The quantitative estimate of drug-likeness (QED) is 0.860. The van der Waals surface area contributed by atoms with E-state index in [1.165, 1.54) is 12.3 Å². The summed E-state index contributed by atoms with van der Waals surface area (Å²) in [5.74, 6) is -0.111. The summed E-state index contributed by atoms with van der Waals surface area (Å²) in [6, 6.07) is 1.54. The predicted octanol–water partition coefficient (Wildman–Crippen LogP) is 2.06. The maximum atomic E-state index is 11.1. The molecule has 1 amide bonds. The Balaban J connectivity index is 2.95. The van der Waals surface area contributed by atoms with Crippen LogP contribution in [0.1, 0.15) is 13.8 Å². The summed E-state index contributed by atoms with van der Waals surface area (Å²) in [5, 5.41) is 3.61. The molecule has 0 fully saturated rings. The molecule has 0 spiro atoms. The zero-order valence-corrected chi connectivity index (χ0v) is 9.86. The molecular weight excluding hydrogens is 237 g/mol. The molecule has 6 heteroatoms. The molecular formula is C9H11Cl2N3O. The van der Waals surface area contributed by atoms with E-state index >= 15 is 0 Å². The number of carbonyl (C=O) groups excluding carboxylic acids is 1. The van der Waals surface area contributed by atoms with Gasteiger partial charge >= 0.3 is 0 Å². The lowest BCUT2D eigenvalue weighted by Crippen LogP contribution is -2.45. The molecule has 1 rings (SSSR count).